The van der Waals surface area contributed by atoms with Crippen molar-refractivity contribution in [2.45, 2.75) is 0 Å². The minimum Gasteiger partial charge on any atom is -0.378 e. The average molecular weight is 269 g/mol. The van der Waals surface area contributed by atoms with E-state index in [1.54, 1.807) is 0 Å². The number of nitrogens with one attached hydrogen (secondary N) is 9. The molecule has 19 heavy (non-hydrogen) atoms. The molecule has 3 saturated heterocycles. The molecule has 0 radical (unpaired) electrons. The molecule has 0 amide bonds. The van der Waals surface area contributed by atoms with Crippen LogP contribution in [0.4, 0.5) is 0 Å². The summed E-state index contributed by atoms with van der Waals surface area (Å²) in [6, 6.07) is 0. The third-order valence-corrected chi connectivity index (χ3v) is 6.30. The highest BCUT2D eigenvalue weighted by Crippen LogP contribution is 2.38. The van der Waals surface area contributed by atoms with Gasteiger partial charge in [-0.3, -0.25) is 0 Å². The summed E-state index contributed by atoms with van der Waals surface area (Å²) in [5, 5.41) is 30.9. The molecule has 3 aliphatic rings. The van der Waals surface area contributed by atoms with E-state index in [0.29, 0.717) is 20.1 Å². The van der Waals surface area contributed by atoms with Crippen molar-refractivity contribution in [2.75, 3.05) is 0 Å². The van der Waals surface area contributed by atoms with E-state index in [4.69, 9.17) is 0 Å². The molecule has 9 N–H and O–H groups in total. The molecule has 0 atom stereocenters. The van der Waals surface area contributed by atoms with Gasteiger partial charge >= 0.3 is 20.1 Å². The van der Waals surface area contributed by atoms with E-state index in [2.05, 4.69) is 46.2 Å². The Labute approximate surface area is 119 Å². The Morgan fingerprint density at radius 1 is 0.474 bits per heavy atom. The van der Waals surface area contributed by atoms with Crippen molar-refractivity contribution in [1.82, 2.24) is 46.2 Å². The lowest BCUT2D eigenvalue weighted by molar-refractivity contribution is 1.25. The van der Waals surface area contributed by atoms with Crippen molar-refractivity contribution >= 4 is 73.0 Å². The summed E-state index contributed by atoms with van der Waals surface area (Å²) in [5.74, 6) is 0. The topological polar surface area (TPSA) is 108 Å². The maximum Gasteiger partial charge on any atom is 0.301 e. The molecule has 3 aliphatic heterocycles. The number of hydrogen-bond donors (Lipinski definition) is 9. The standard InChI is InChI=1S/B9H15N9P/c1-10-2-14-7(13-1)19(8-15-3-11-4-16-8)9-17-5-12-6-18-9/h1-6,10-18H. The molecule has 0 spiro atoms. The van der Waals surface area contributed by atoms with Crippen molar-refractivity contribution in [3.63, 3.8) is 0 Å². The predicted octanol–water partition coefficient (Wildman–Crippen LogP) is -8.63. The van der Waals surface area contributed by atoms with Gasteiger partial charge in [-0.05, 0) is 0 Å². The van der Waals surface area contributed by atoms with Crippen LogP contribution < -0.4 is 46.2 Å². The summed E-state index contributed by atoms with van der Waals surface area (Å²) < 4.78 is 0. The first-order chi connectivity index (χ1) is 9.45. The Kier molecular flexibility index (Phi) is 5.84. The fourth-order valence-electron chi connectivity index (χ4n) is 2.50. The Morgan fingerprint density at radius 3 is 1.00 bits per heavy atom. The van der Waals surface area contributed by atoms with E-state index in [-0.39, 0.29) is 0 Å². The van der Waals surface area contributed by atoms with Crippen LogP contribution in [0, 0.1) is 0 Å². The van der Waals surface area contributed by atoms with Crippen LogP contribution in [0.1, 0.15) is 0 Å². The quantitative estimate of drug-likeness (QED) is 0.182. The zero-order valence-corrected chi connectivity index (χ0v) is 11.8. The highest BCUT2D eigenvalue weighted by Gasteiger charge is 2.44. The lowest BCUT2D eigenvalue weighted by atomic mass is 9.81. The molecular weight excluding hydrogens is 254 g/mol. The molecule has 3 rings (SSSR count). The van der Waals surface area contributed by atoms with E-state index in [1.165, 1.54) is 0 Å². The first-order valence-corrected chi connectivity index (χ1v) is 8.30. The summed E-state index contributed by atoms with van der Waals surface area (Å²) in [5.41, 5.74) is 0. The van der Waals surface area contributed by atoms with Crippen molar-refractivity contribution in [1.29, 1.82) is 0 Å². The van der Waals surface area contributed by atoms with Crippen LogP contribution in [-0.2, 0) is 0 Å². The molecule has 0 aromatic carbocycles. The van der Waals surface area contributed by atoms with Gasteiger partial charge in [0.15, 0.2) is 0 Å². The van der Waals surface area contributed by atoms with Gasteiger partial charge in [0.1, 0.15) is 0 Å². The van der Waals surface area contributed by atoms with Gasteiger partial charge in [-0.2, -0.15) is 0 Å². The number of hydrogen-bond acceptors (Lipinski definition) is 9. The SMILES string of the molecule is B1NBNB(P(B2NBNBN2)B2NBNBN2)N1. The zero-order chi connectivity index (χ0) is 12.9. The Hall–Kier alpha value is 0.654. The van der Waals surface area contributed by atoms with Crippen LogP contribution in [0.3, 0.4) is 0 Å². The second-order valence-corrected chi connectivity index (χ2v) is 7.13. The van der Waals surface area contributed by atoms with Gasteiger partial charge in [0.2, 0.25) is 0 Å². The zero-order valence-electron chi connectivity index (χ0n) is 10.9. The Balaban J connectivity index is 1.68. The monoisotopic (exact) mass is 271 g/mol. The minimum atomic E-state index is -0.402. The van der Waals surface area contributed by atoms with Crippen LogP contribution in [0.15, 0.2) is 0 Å². The summed E-state index contributed by atoms with van der Waals surface area (Å²) in [7, 11) is 4.72. The van der Waals surface area contributed by atoms with Crippen LogP contribution in [0.2, 0.25) is 0 Å². The summed E-state index contributed by atoms with van der Waals surface area (Å²) in [6.45, 7) is 0.965. The Morgan fingerprint density at radius 2 is 0.737 bits per heavy atom. The summed E-state index contributed by atoms with van der Waals surface area (Å²) >= 11 is 0. The smallest absolute Gasteiger partial charge is 0.301 e. The molecular formula is H15B9N9P. The van der Waals surface area contributed by atoms with E-state index < -0.39 is 7.56 Å². The lowest BCUT2D eigenvalue weighted by Crippen LogP contribution is -2.74. The summed E-state index contributed by atoms with van der Waals surface area (Å²) in [4.78, 5) is 0. The van der Waals surface area contributed by atoms with Crippen molar-refractivity contribution in [2.24, 2.45) is 0 Å². The van der Waals surface area contributed by atoms with Crippen LogP contribution in [-0.4, -0.2) is 65.4 Å². The maximum absolute atomic E-state index is 3.52. The lowest BCUT2D eigenvalue weighted by Gasteiger charge is -2.40. The first kappa shape index (κ1) is 14.6. The van der Waals surface area contributed by atoms with Crippen molar-refractivity contribution in [3.05, 3.63) is 0 Å². The van der Waals surface area contributed by atoms with E-state index >= 15 is 0 Å². The minimum absolute atomic E-state index is 0.322. The highest BCUT2D eigenvalue weighted by atomic mass is 31.1. The van der Waals surface area contributed by atoms with Gasteiger partial charge < -0.3 is 46.2 Å². The molecule has 0 aromatic rings. The first-order valence-electron chi connectivity index (χ1n) is 6.75. The molecule has 3 fully saturated rings. The fourth-order valence-corrected chi connectivity index (χ4v) is 5.20. The Bertz CT molecular complexity index is 220. The van der Waals surface area contributed by atoms with Gasteiger partial charge in [0, 0.05) is 0 Å². The van der Waals surface area contributed by atoms with Crippen LogP contribution in [0.25, 0.3) is 0 Å². The molecule has 19 heteroatoms. The maximum atomic E-state index is 3.52. The fraction of sp³-hybridized carbons (Fsp3) is 0. The van der Waals surface area contributed by atoms with E-state index in [9.17, 15) is 0 Å². The predicted molar refractivity (Wildman–Crippen MR) is 95.3 cm³/mol. The van der Waals surface area contributed by atoms with Crippen molar-refractivity contribution in [3.8, 4) is 0 Å². The highest BCUT2D eigenvalue weighted by molar-refractivity contribution is 8.30. The van der Waals surface area contributed by atoms with Gasteiger partial charge in [-0.15, -0.1) is 7.56 Å². The van der Waals surface area contributed by atoms with Crippen LogP contribution >= 0.6 is 7.56 Å². The van der Waals surface area contributed by atoms with Gasteiger partial charge in [-0.25, -0.2) is 0 Å². The van der Waals surface area contributed by atoms with E-state index in [1.807, 2.05) is 0 Å². The molecule has 9 nitrogen and oxygen atoms in total. The average Bonchev–Trinajstić information content (AvgIpc) is 2.51. The molecule has 3 heterocycles. The molecule has 0 bridgehead atoms. The van der Waals surface area contributed by atoms with Crippen LogP contribution in [0.5, 0.6) is 0 Å². The molecule has 92 valence electrons. The normalized spacial score (nSPS) is 23.5. The molecule has 0 unspecified atom stereocenters. The molecule has 0 aromatic heterocycles. The van der Waals surface area contributed by atoms with E-state index in [0.717, 1.165) is 45.3 Å². The van der Waals surface area contributed by atoms with Gasteiger partial charge in [-0.1, -0.05) is 0 Å². The molecule has 0 saturated carbocycles. The summed E-state index contributed by atoms with van der Waals surface area (Å²) in [6.07, 6.45) is 0. The second kappa shape index (κ2) is 7.60. The number of rotatable bonds is 3. The molecule has 0 aliphatic carbocycles. The van der Waals surface area contributed by atoms with Gasteiger partial charge in [0.05, 0.1) is 0 Å². The third-order valence-electron chi connectivity index (χ3n) is 3.42. The second-order valence-electron chi connectivity index (χ2n) is 4.69. The third kappa shape index (κ3) is 3.85. The van der Waals surface area contributed by atoms with Crippen molar-refractivity contribution < 1.29 is 0 Å². The largest absolute Gasteiger partial charge is 0.378 e. The van der Waals surface area contributed by atoms with Gasteiger partial charge in [0.25, 0.3) is 45.3 Å².